The number of thiazole rings is 1. The molecule has 0 aliphatic heterocycles. The summed E-state index contributed by atoms with van der Waals surface area (Å²) in [6.07, 6.45) is -0.0914. The summed E-state index contributed by atoms with van der Waals surface area (Å²) in [4.78, 5) is 26.6. The largest absolute Gasteiger partial charge is 0.302 e. The van der Waals surface area contributed by atoms with Gasteiger partial charge in [0.05, 0.1) is 20.0 Å². The average molecular weight is 485 g/mol. The van der Waals surface area contributed by atoms with Crippen molar-refractivity contribution in [2.24, 2.45) is 0 Å². The quantitative estimate of drug-likeness (QED) is 0.390. The molecule has 3 aromatic rings. The maximum atomic E-state index is 12.2. The summed E-state index contributed by atoms with van der Waals surface area (Å²) in [7, 11) is -3.71. The molecule has 0 unspecified atom stereocenters. The van der Waals surface area contributed by atoms with E-state index >= 15 is 0 Å². The van der Waals surface area contributed by atoms with Crippen LogP contribution in [0.4, 0.5) is 10.8 Å². The van der Waals surface area contributed by atoms with E-state index in [1.165, 1.54) is 30.3 Å². The Kier molecular flexibility index (Phi) is 6.03. The molecule has 0 atom stereocenters. The van der Waals surface area contributed by atoms with E-state index in [2.05, 4.69) is 31.0 Å². The Morgan fingerprint density at radius 1 is 1.21 bits per heavy atom. The van der Waals surface area contributed by atoms with Gasteiger partial charge in [-0.25, -0.2) is 18.1 Å². The van der Waals surface area contributed by atoms with Crippen molar-refractivity contribution in [3.05, 3.63) is 57.1 Å². The Labute approximate surface area is 172 Å². The smallest absolute Gasteiger partial charge is 0.270 e. The van der Waals surface area contributed by atoms with Crippen LogP contribution in [0, 0.1) is 10.1 Å². The number of hydrogen-bond acceptors (Lipinski definition) is 7. The number of rotatable bonds is 7. The van der Waals surface area contributed by atoms with Gasteiger partial charge in [0.25, 0.3) is 5.69 Å². The van der Waals surface area contributed by atoms with E-state index in [0.29, 0.717) is 10.2 Å². The molecule has 146 valence electrons. The molecule has 0 spiro atoms. The van der Waals surface area contributed by atoms with E-state index in [1.54, 1.807) is 12.1 Å². The third kappa shape index (κ3) is 4.90. The van der Waals surface area contributed by atoms with Crippen molar-refractivity contribution >= 4 is 64.2 Å². The lowest BCUT2D eigenvalue weighted by Gasteiger charge is -2.06. The predicted octanol–water partition coefficient (Wildman–Crippen LogP) is 3.27. The van der Waals surface area contributed by atoms with E-state index in [0.717, 1.165) is 15.8 Å². The number of fused-ring (bicyclic) bond motifs is 1. The lowest BCUT2D eigenvalue weighted by molar-refractivity contribution is -0.384. The van der Waals surface area contributed by atoms with Crippen LogP contribution >= 0.6 is 27.3 Å². The Balaban J connectivity index is 1.57. The van der Waals surface area contributed by atoms with Crippen LogP contribution in [0.15, 0.2) is 51.8 Å². The fraction of sp³-hybridized carbons (Fsp3) is 0.125. The second kappa shape index (κ2) is 8.31. The van der Waals surface area contributed by atoms with Crippen molar-refractivity contribution in [3.63, 3.8) is 0 Å². The Morgan fingerprint density at radius 3 is 2.61 bits per heavy atom. The predicted molar refractivity (Wildman–Crippen MR) is 109 cm³/mol. The normalized spacial score (nSPS) is 11.5. The maximum absolute atomic E-state index is 12.2. The third-order valence-corrected chi connectivity index (χ3v) is 6.54. The summed E-state index contributed by atoms with van der Waals surface area (Å²) in [6, 6.07) is 10.3. The first kappa shape index (κ1) is 20.3. The molecule has 0 saturated heterocycles. The number of anilines is 1. The van der Waals surface area contributed by atoms with Crippen molar-refractivity contribution in [2.75, 3.05) is 11.9 Å². The van der Waals surface area contributed by atoms with Gasteiger partial charge in [-0.3, -0.25) is 14.9 Å². The van der Waals surface area contributed by atoms with Crippen LogP contribution in [-0.2, 0) is 14.8 Å². The van der Waals surface area contributed by atoms with Crippen LogP contribution in [0.5, 0.6) is 0 Å². The molecule has 0 saturated carbocycles. The number of nitro groups is 1. The molecular formula is C16H13BrN4O5S2. The Hall–Kier alpha value is -2.41. The number of hydrogen-bond donors (Lipinski definition) is 2. The number of aromatic nitrogens is 1. The molecule has 0 fully saturated rings. The molecular weight excluding hydrogens is 472 g/mol. The van der Waals surface area contributed by atoms with Crippen molar-refractivity contribution in [3.8, 4) is 0 Å². The van der Waals surface area contributed by atoms with Crippen LogP contribution < -0.4 is 10.0 Å². The topological polar surface area (TPSA) is 131 Å². The number of carbonyl (C=O) groups is 1. The Bertz CT molecular complexity index is 1150. The lowest BCUT2D eigenvalue weighted by Crippen LogP contribution is -2.27. The summed E-state index contributed by atoms with van der Waals surface area (Å²) < 4.78 is 28.0. The van der Waals surface area contributed by atoms with Crippen LogP contribution in [0.1, 0.15) is 6.42 Å². The molecule has 0 bridgehead atoms. The number of amides is 1. The number of halogens is 1. The highest BCUT2D eigenvalue weighted by molar-refractivity contribution is 9.10. The third-order valence-electron chi connectivity index (χ3n) is 3.60. The molecule has 2 aromatic carbocycles. The number of nitro benzene ring substituents is 1. The second-order valence-corrected chi connectivity index (χ2v) is 9.29. The SMILES string of the molecule is O=C(CCNS(=O)(=O)c1ccc(Br)cc1)Nc1nc2ccc([N+](=O)[O-])cc2s1. The van der Waals surface area contributed by atoms with Gasteiger partial charge in [-0.05, 0) is 30.3 Å². The van der Waals surface area contributed by atoms with E-state index in [9.17, 15) is 23.3 Å². The molecule has 1 heterocycles. The van der Waals surface area contributed by atoms with Crippen LogP contribution in [-0.4, -0.2) is 30.8 Å². The minimum absolute atomic E-state index is 0.0589. The molecule has 3 rings (SSSR count). The zero-order valence-electron chi connectivity index (χ0n) is 14.1. The van der Waals surface area contributed by atoms with Crippen LogP contribution in [0.3, 0.4) is 0 Å². The minimum Gasteiger partial charge on any atom is -0.302 e. The first-order valence-electron chi connectivity index (χ1n) is 7.85. The summed E-state index contributed by atoms with van der Waals surface area (Å²) in [5, 5.41) is 13.7. The molecule has 2 N–H and O–H groups in total. The summed E-state index contributed by atoms with van der Waals surface area (Å²) in [5.41, 5.74) is 0.471. The Morgan fingerprint density at radius 2 is 1.93 bits per heavy atom. The molecule has 0 aliphatic rings. The van der Waals surface area contributed by atoms with Gasteiger partial charge in [0.15, 0.2) is 5.13 Å². The van der Waals surface area contributed by atoms with Crippen molar-refractivity contribution < 1.29 is 18.1 Å². The van der Waals surface area contributed by atoms with Gasteiger partial charge in [0.2, 0.25) is 15.9 Å². The number of nitrogens with zero attached hydrogens (tertiary/aromatic N) is 2. The summed E-state index contributed by atoms with van der Waals surface area (Å²) in [6.45, 7) is -0.0827. The van der Waals surface area contributed by atoms with Crippen molar-refractivity contribution in [1.82, 2.24) is 9.71 Å². The van der Waals surface area contributed by atoms with Gasteiger partial charge in [-0.1, -0.05) is 27.3 Å². The molecule has 0 radical (unpaired) electrons. The maximum Gasteiger partial charge on any atom is 0.270 e. The first-order chi connectivity index (χ1) is 13.2. The highest BCUT2D eigenvalue weighted by atomic mass is 79.9. The average Bonchev–Trinajstić information content (AvgIpc) is 3.03. The van der Waals surface area contributed by atoms with Gasteiger partial charge in [0, 0.05) is 29.6 Å². The zero-order valence-corrected chi connectivity index (χ0v) is 17.3. The number of benzene rings is 2. The monoisotopic (exact) mass is 484 g/mol. The molecule has 1 amide bonds. The van der Waals surface area contributed by atoms with Gasteiger partial charge < -0.3 is 5.32 Å². The van der Waals surface area contributed by atoms with Gasteiger partial charge in [0.1, 0.15) is 0 Å². The number of nitrogens with one attached hydrogen (secondary N) is 2. The molecule has 9 nitrogen and oxygen atoms in total. The molecule has 12 heteroatoms. The van der Waals surface area contributed by atoms with Crippen LogP contribution in [0.25, 0.3) is 10.2 Å². The fourth-order valence-corrected chi connectivity index (χ4v) is 4.47. The summed E-state index contributed by atoms with van der Waals surface area (Å²) in [5.74, 6) is -0.424. The standard InChI is InChI=1S/C16H13BrN4O5S2/c17-10-1-4-12(5-2-10)28(25,26)18-8-7-15(22)20-16-19-13-6-3-11(21(23)24)9-14(13)27-16/h1-6,9,18H,7-8H2,(H,19,20,22). The van der Waals surface area contributed by atoms with Gasteiger partial charge >= 0.3 is 0 Å². The highest BCUT2D eigenvalue weighted by Gasteiger charge is 2.15. The molecule has 28 heavy (non-hydrogen) atoms. The fourth-order valence-electron chi connectivity index (χ4n) is 2.26. The number of sulfonamides is 1. The zero-order chi connectivity index (χ0) is 20.3. The number of carbonyl (C=O) groups excluding carboxylic acids is 1. The molecule has 1 aromatic heterocycles. The van der Waals surface area contributed by atoms with Crippen molar-refractivity contribution in [1.29, 1.82) is 0 Å². The molecule has 0 aliphatic carbocycles. The van der Waals surface area contributed by atoms with Gasteiger partial charge in [-0.15, -0.1) is 0 Å². The lowest BCUT2D eigenvalue weighted by atomic mass is 10.3. The van der Waals surface area contributed by atoms with E-state index in [4.69, 9.17) is 0 Å². The number of non-ortho nitro benzene ring substituents is 1. The van der Waals surface area contributed by atoms with Gasteiger partial charge in [-0.2, -0.15) is 0 Å². The van der Waals surface area contributed by atoms with E-state index in [1.807, 2.05) is 0 Å². The minimum atomic E-state index is -3.71. The van der Waals surface area contributed by atoms with Crippen molar-refractivity contribution in [2.45, 2.75) is 11.3 Å². The highest BCUT2D eigenvalue weighted by Crippen LogP contribution is 2.29. The second-order valence-electron chi connectivity index (χ2n) is 5.58. The van der Waals surface area contributed by atoms with E-state index in [-0.39, 0.29) is 28.7 Å². The van der Waals surface area contributed by atoms with Crippen LogP contribution in [0.2, 0.25) is 0 Å². The summed E-state index contributed by atoms with van der Waals surface area (Å²) >= 11 is 4.34. The first-order valence-corrected chi connectivity index (χ1v) is 10.9. The van der Waals surface area contributed by atoms with E-state index < -0.39 is 20.9 Å².